The molecule has 2 aromatic rings. The van der Waals surface area contributed by atoms with Crippen molar-refractivity contribution in [3.8, 4) is 5.75 Å². The number of hydrogen-bond donors (Lipinski definition) is 1. The Balaban J connectivity index is 2.04. The van der Waals surface area contributed by atoms with Crippen molar-refractivity contribution < 1.29 is 19.4 Å². The number of aliphatic carboxylic acids is 1. The van der Waals surface area contributed by atoms with Crippen LogP contribution in [0.25, 0.3) is 6.08 Å². The van der Waals surface area contributed by atoms with Crippen LogP contribution in [0, 0.1) is 13.8 Å². The molecule has 1 N–H and O–H groups in total. The van der Waals surface area contributed by atoms with Gasteiger partial charge in [-0.05, 0) is 60.9 Å². The number of carbonyl (C=O) groups is 2. The highest BCUT2D eigenvalue weighted by Crippen LogP contribution is 2.25. The second-order valence-electron chi connectivity index (χ2n) is 5.60. The number of aryl methyl sites for hydroxylation is 2. The molecule has 0 fully saturated rings. The van der Waals surface area contributed by atoms with Gasteiger partial charge in [-0.25, -0.2) is 0 Å². The second-order valence-corrected chi connectivity index (χ2v) is 6.42. The lowest BCUT2D eigenvalue weighted by Crippen LogP contribution is -2.37. The molecule has 0 heterocycles. The van der Waals surface area contributed by atoms with E-state index in [1.165, 1.54) is 6.08 Å². The van der Waals surface area contributed by atoms with Crippen LogP contribution in [0.2, 0.25) is 10.0 Å². The van der Waals surface area contributed by atoms with Crippen LogP contribution in [-0.2, 0) is 9.59 Å². The maximum absolute atomic E-state index is 12.0. The monoisotopic (exact) mass is 392 g/mol. The van der Waals surface area contributed by atoms with Crippen LogP contribution in [0.4, 0.5) is 0 Å². The van der Waals surface area contributed by atoms with Crippen LogP contribution in [0.15, 0.2) is 42.1 Å². The number of carboxylic acid groups (broad SMARTS) is 1. The molecule has 0 saturated carbocycles. The average molecular weight is 393 g/mol. The zero-order valence-electron chi connectivity index (χ0n) is 14.1. The normalized spacial score (nSPS) is 11.2. The summed E-state index contributed by atoms with van der Waals surface area (Å²) >= 11 is 11.9. The largest absolute Gasteiger partial charge is 0.543 e. The van der Waals surface area contributed by atoms with Gasteiger partial charge in [0.15, 0.2) is 6.61 Å². The summed E-state index contributed by atoms with van der Waals surface area (Å²) in [5.41, 5.74) is 1.82. The number of carbonyl (C=O) groups excluding carboxylic acids is 2. The highest BCUT2D eigenvalue weighted by Gasteiger charge is 2.09. The predicted octanol–water partition coefficient (Wildman–Crippen LogP) is 2.90. The van der Waals surface area contributed by atoms with E-state index in [9.17, 15) is 14.7 Å². The number of nitrogens with one attached hydrogen (secondary N) is 1. The lowest BCUT2D eigenvalue weighted by molar-refractivity contribution is -0.299. The van der Waals surface area contributed by atoms with Crippen LogP contribution in [0.3, 0.4) is 0 Å². The number of amides is 1. The first kappa shape index (κ1) is 19.8. The number of carboxylic acids is 1. The summed E-state index contributed by atoms with van der Waals surface area (Å²) in [4.78, 5) is 23.2. The Morgan fingerprint density at radius 2 is 1.69 bits per heavy atom. The summed E-state index contributed by atoms with van der Waals surface area (Å²) in [6, 6.07) is 9.85. The quantitative estimate of drug-likeness (QED) is 0.766. The molecule has 0 spiro atoms. The minimum absolute atomic E-state index is 0.355. The first-order valence-corrected chi connectivity index (χ1v) is 8.40. The highest BCUT2D eigenvalue weighted by molar-refractivity contribution is 6.32. The third-order valence-electron chi connectivity index (χ3n) is 3.45. The van der Waals surface area contributed by atoms with Gasteiger partial charge in [-0.3, -0.25) is 4.79 Å². The van der Waals surface area contributed by atoms with Gasteiger partial charge >= 0.3 is 0 Å². The van der Waals surface area contributed by atoms with Gasteiger partial charge in [0.25, 0.3) is 5.91 Å². The Morgan fingerprint density at radius 1 is 1.12 bits per heavy atom. The predicted molar refractivity (Wildman–Crippen MR) is 99.0 cm³/mol. The van der Waals surface area contributed by atoms with Crippen molar-refractivity contribution in [3.63, 3.8) is 0 Å². The summed E-state index contributed by atoms with van der Waals surface area (Å²) in [5, 5.41) is 14.6. The van der Waals surface area contributed by atoms with Gasteiger partial charge < -0.3 is 20.0 Å². The minimum atomic E-state index is -1.51. The number of ether oxygens (including phenoxy) is 1. The Kier molecular flexibility index (Phi) is 6.66. The van der Waals surface area contributed by atoms with Crippen LogP contribution >= 0.6 is 23.2 Å². The van der Waals surface area contributed by atoms with E-state index in [0.717, 1.165) is 11.1 Å². The second kappa shape index (κ2) is 8.74. The summed E-state index contributed by atoms with van der Waals surface area (Å²) in [6.45, 7) is 3.29. The van der Waals surface area contributed by atoms with Crippen molar-refractivity contribution in [3.05, 3.63) is 68.8 Å². The fourth-order valence-electron chi connectivity index (χ4n) is 2.20. The third-order valence-corrected chi connectivity index (χ3v) is 4.30. The molecule has 0 saturated heterocycles. The van der Waals surface area contributed by atoms with E-state index in [1.54, 1.807) is 36.4 Å². The molecule has 0 atom stereocenters. The molecule has 0 unspecified atom stereocenters. The van der Waals surface area contributed by atoms with Gasteiger partial charge in [0.1, 0.15) is 5.75 Å². The molecular formula is C19H16Cl2NO4-. The zero-order valence-corrected chi connectivity index (χ0v) is 15.6. The van der Waals surface area contributed by atoms with Crippen LogP contribution in [0.1, 0.15) is 16.7 Å². The fourth-order valence-corrected chi connectivity index (χ4v) is 2.43. The van der Waals surface area contributed by atoms with E-state index in [1.807, 2.05) is 13.8 Å². The molecule has 0 bridgehead atoms. The number of hydrogen-bond acceptors (Lipinski definition) is 4. The van der Waals surface area contributed by atoms with Crippen LogP contribution < -0.4 is 15.2 Å². The van der Waals surface area contributed by atoms with Gasteiger partial charge in [0.2, 0.25) is 0 Å². The molecule has 0 radical (unpaired) electrons. The molecule has 0 aliphatic heterocycles. The lowest BCUT2D eigenvalue weighted by atomic mass is 10.1. The summed E-state index contributed by atoms with van der Waals surface area (Å²) in [6.07, 6.45) is 1.28. The Morgan fingerprint density at radius 3 is 2.23 bits per heavy atom. The van der Waals surface area contributed by atoms with E-state index < -0.39 is 11.9 Å². The van der Waals surface area contributed by atoms with E-state index >= 15 is 0 Å². The zero-order chi connectivity index (χ0) is 19.3. The highest BCUT2D eigenvalue weighted by atomic mass is 35.5. The van der Waals surface area contributed by atoms with Gasteiger partial charge in [0, 0.05) is 10.0 Å². The molecule has 26 heavy (non-hydrogen) atoms. The standard InChI is InChI=1S/C19H17Cl2NO4/c1-11-7-15(8-12(2)18(11)21)26-10-17(23)22-16(19(24)25)9-13-3-5-14(20)6-4-13/h3-9H,10H2,1-2H3,(H,22,23)(H,24,25)/p-1/b16-9+. The SMILES string of the molecule is Cc1cc(OCC(=O)N/C(=C/c2ccc(Cl)cc2)C(=O)[O-])cc(C)c1Cl. The molecule has 5 nitrogen and oxygen atoms in total. The molecule has 0 aromatic heterocycles. The molecule has 7 heteroatoms. The van der Waals surface area contributed by atoms with E-state index in [2.05, 4.69) is 5.32 Å². The minimum Gasteiger partial charge on any atom is -0.543 e. The van der Waals surface area contributed by atoms with Crippen molar-refractivity contribution in [1.82, 2.24) is 5.32 Å². The first-order chi connectivity index (χ1) is 12.3. The Bertz CT molecular complexity index is 837. The molecule has 2 rings (SSSR count). The number of rotatable bonds is 6. The molecular weight excluding hydrogens is 377 g/mol. The fraction of sp³-hybridized carbons (Fsp3) is 0.158. The Hall–Kier alpha value is -2.50. The van der Waals surface area contributed by atoms with Gasteiger partial charge in [-0.2, -0.15) is 0 Å². The molecule has 0 aliphatic carbocycles. The smallest absolute Gasteiger partial charge is 0.262 e. The van der Waals surface area contributed by atoms with Crippen molar-refractivity contribution >= 4 is 41.2 Å². The van der Waals surface area contributed by atoms with Crippen LogP contribution in [0.5, 0.6) is 5.75 Å². The third kappa shape index (κ3) is 5.51. The number of benzene rings is 2. The van der Waals surface area contributed by atoms with Crippen molar-refractivity contribution in [1.29, 1.82) is 0 Å². The van der Waals surface area contributed by atoms with E-state index in [4.69, 9.17) is 27.9 Å². The van der Waals surface area contributed by atoms with Crippen LogP contribution in [-0.4, -0.2) is 18.5 Å². The number of halogens is 2. The first-order valence-electron chi connectivity index (χ1n) is 7.64. The molecule has 136 valence electrons. The maximum atomic E-state index is 12.0. The van der Waals surface area contributed by atoms with Crippen molar-refractivity contribution in [2.75, 3.05) is 6.61 Å². The van der Waals surface area contributed by atoms with Crippen molar-refractivity contribution in [2.45, 2.75) is 13.8 Å². The topological polar surface area (TPSA) is 78.5 Å². The average Bonchev–Trinajstić information content (AvgIpc) is 2.59. The molecule has 0 aliphatic rings. The van der Waals surface area contributed by atoms with Gasteiger partial charge in [-0.15, -0.1) is 0 Å². The summed E-state index contributed by atoms with van der Waals surface area (Å²) in [5.74, 6) is -1.66. The van der Waals surface area contributed by atoms with E-state index in [0.29, 0.717) is 21.4 Å². The molecule has 1 amide bonds. The van der Waals surface area contributed by atoms with Gasteiger partial charge in [0.05, 0.1) is 11.7 Å². The van der Waals surface area contributed by atoms with Gasteiger partial charge in [-0.1, -0.05) is 35.3 Å². The van der Waals surface area contributed by atoms with E-state index in [-0.39, 0.29) is 12.3 Å². The summed E-state index contributed by atoms with van der Waals surface area (Å²) < 4.78 is 5.40. The van der Waals surface area contributed by atoms with Crippen molar-refractivity contribution in [2.24, 2.45) is 0 Å². The summed E-state index contributed by atoms with van der Waals surface area (Å²) in [7, 11) is 0. The molecule has 2 aromatic carbocycles. The Labute approximate surface area is 161 Å². The maximum Gasteiger partial charge on any atom is 0.262 e. The lowest BCUT2D eigenvalue weighted by Gasteiger charge is -2.13.